The van der Waals surface area contributed by atoms with E-state index < -0.39 is 6.03 Å². The number of benzene rings is 1. The SMILES string of the molecule is Cc1ccccc1[C@H](CC(=O)NC12CC3CC(CC(C3)C1)C2)NC(N)=O. The van der Waals surface area contributed by atoms with E-state index in [2.05, 4.69) is 10.6 Å². The van der Waals surface area contributed by atoms with Crippen molar-refractivity contribution in [2.75, 3.05) is 0 Å². The molecule has 0 spiro atoms. The van der Waals surface area contributed by atoms with Crippen LogP contribution in [0.25, 0.3) is 0 Å². The molecule has 140 valence electrons. The second kappa shape index (κ2) is 6.60. The summed E-state index contributed by atoms with van der Waals surface area (Å²) in [5.41, 5.74) is 7.36. The topological polar surface area (TPSA) is 84.2 Å². The molecule has 0 saturated heterocycles. The molecule has 5 heteroatoms. The molecule has 5 rings (SSSR count). The fourth-order valence-electron chi connectivity index (χ4n) is 6.18. The second-order valence-electron chi connectivity index (χ2n) is 8.87. The largest absolute Gasteiger partial charge is 0.352 e. The van der Waals surface area contributed by atoms with Gasteiger partial charge in [0.15, 0.2) is 0 Å². The molecule has 0 radical (unpaired) electrons. The minimum Gasteiger partial charge on any atom is -0.352 e. The van der Waals surface area contributed by atoms with Gasteiger partial charge in [-0.05, 0) is 74.3 Å². The monoisotopic (exact) mass is 355 g/mol. The zero-order valence-electron chi connectivity index (χ0n) is 15.5. The molecular formula is C21H29N3O2. The van der Waals surface area contributed by atoms with Crippen LogP contribution in [0.1, 0.15) is 62.1 Å². The molecule has 0 heterocycles. The molecule has 1 atom stereocenters. The first-order valence-electron chi connectivity index (χ1n) is 9.85. The molecule has 5 nitrogen and oxygen atoms in total. The maximum Gasteiger partial charge on any atom is 0.312 e. The van der Waals surface area contributed by atoms with Crippen molar-refractivity contribution in [3.63, 3.8) is 0 Å². The summed E-state index contributed by atoms with van der Waals surface area (Å²) in [4.78, 5) is 24.4. The standard InChI is InChI=1S/C21H29N3O2/c1-13-4-2-3-5-17(13)18(23-20(22)26)9-19(25)24-21-10-14-6-15(11-21)8-16(7-14)12-21/h2-5,14-16,18H,6-12H2,1H3,(H,24,25)(H3,22,23,26)/t14?,15?,16?,18-,21?/m0/s1. The first kappa shape index (κ1) is 17.4. The van der Waals surface area contributed by atoms with Gasteiger partial charge in [-0.3, -0.25) is 4.79 Å². The Bertz CT molecular complexity index is 680. The second-order valence-corrected chi connectivity index (χ2v) is 8.87. The van der Waals surface area contributed by atoms with Gasteiger partial charge in [0.2, 0.25) is 5.91 Å². The van der Waals surface area contributed by atoms with E-state index >= 15 is 0 Å². The summed E-state index contributed by atoms with van der Waals surface area (Å²) in [6.45, 7) is 1.99. The lowest BCUT2D eigenvalue weighted by Crippen LogP contribution is -2.60. The smallest absolute Gasteiger partial charge is 0.312 e. The van der Waals surface area contributed by atoms with E-state index in [-0.39, 0.29) is 23.9 Å². The Labute approximate surface area is 155 Å². The predicted octanol–water partition coefficient (Wildman–Crippen LogP) is 3.18. The van der Waals surface area contributed by atoms with Crippen molar-refractivity contribution in [3.05, 3.63) is 35.4 Å². The molecule has 26 heavy (non-hydrogen) atoms. The van der Waals surface area contributed by atoms with Crippen LogP contribution in [-0.4, -0.2) is 17.5 Å². The van der Waals surface area contributed by atoms with Crippen LogP contribution in [0.15, 0.2) is 24.3 Å². The van der Waals surface area contributed by atoms with Crippen molar-refractivity contribution in [1.29, 1.82) is 0 Å². The number of hydrogen-bond acceptors (Lipinski definition) is 2. The highest BCUT2D eigenvalue weighted by molar-refractivity contribution is 5.79. The lowest BCUT2D eigenvalue weighted by atomic mass is 9.53. The van der Waals surface area contributed by atoms with E-state index in [4.69, 9.17) is 5.73 Å². The van der Waals surface area contributed by atoms with Gasteiger partial charge < -0.3 is 16.4 Å². The number of carbonyl (C=O) groups is 2. The molecule has 3 amide bonds. The van der Waals surface area contributed by atoms with Crippen LogP contribution in [-0.2, 0) is 4.79 Å². The molecule has 4 saturated carbocycles. The van der Waals surface area contributed by atoms with Gasteiger partial charge >= 0.3 is 6.03 Å². The number of amides is 3. The summed E-state index contributed by atoms with van der Waals surface area (Å²) < 4.78 is 0. The van der Waals surface area contributed by atoms with Gasteiger partial charge in [0.1, 0.15) is 0 Å². The van der Waals surface area contributed by atoms with Crippen LogP contribution < -0.4 is 16.4 Å². The van der Waals surface area contributed by atoms with Gasteiger partial charge in [0.05, 0.1) is 12.5 Å². The molecule has 0 aliphatic heterocycles. The third-order valence-electron chi connectivity index (χ3n) is 6.71. The molecule has 1 aromatic rings. The van der Waals surface area contributed by atoms with E-state index in [0.717, 1.165) is 48.1 Å². The maximum atomic E-state index is 12.9. The third kappa shape index (κ3) is 3.44. The lowest BCUT2D eigenvalue weighted by molar-refractivity contribution is -0.127. The Morgan fingerprint density at radius 1 is 1.12 bits per heavy atom. The number of hydrogen-bond donors (Lipinski definition) is 3. The van der Waals surface area contributed by atoms with E-state index in [1.807, 2.05) is 31.2 Å². The average Bonchev–Trinajstić information content (AvgIpc) is 2.52. The van der Waals surface area contributed by atoms with E-state index in [1.54, 1.807) is 0 Å². The molecule has 1 aromatic carbocycles. The number of primary amides is 1. The zero-order valence-corrected chi connectivity index (χ0v) is 15.5. The summed E-state index contributed by atoms with van der Waals surface area (Å²) in [7, 11) is 0. The zero-order chi connectivity index (χ0) is 18.3. The average molecular weight is 355 g/mol. The maximum absolute atomic E-state index is 12.9. The minimum absolute atomic E-state index is 0.00512. The highest BCUT2D eigenvalue weighted by Crippen LogP contribution is 2.55. The number of nitrogens with two attached hydrogens (primary N) is 1. The number of urea groups is 1. The van der Waals surface area contributed by atoms with E-state index in [1.165, 1.54) is 19.3 Å². The van der Waals surface area contributed by atoms with Crippen molar-refractivity contribution >= 4 is 11.9 Å². The quantitative estimate of drug-likeness (QED) is 0.758. The van der Waals surface area contributed by atoms with Gasteiger partial charge in [0.25, 0.3) is 0 Å². The van der Waals surface area contributed by atoms with E-state index in [9.17, 15) is 9.59 Å². The van der Waals surface area contributed by atoms with Crippen molar-refractivity contribution in [2.24, 2.45) is 23.5 Å². The number of aryl methyl sites for hydroxylation is 1. The summed E-state index contributed by atoms with van der Waals surface area (Å²) in [6, 6.07) is 6.84. The molecule has 4 bridgehead atoms. The lowest BCUT2D eigenvalue weighted by Gasteiger charge is -2.57. The highest BCUT2D eigenvalue weighted by Gasteiger charge is 2.51. The fourth-order valence-corrected chi connectivity index (χ4v) is 6.18. The molecular weight excluding hydrogens is 326 g/mol. The molecule has 4 aliphatic rings. The Hall–Kier alpha value is -2.04. The van der Waals surface area contributed by atoms with Gasteiger partial charge in [-0.15, -0.1) is 0 Å². The molecule has 0 aromatic heterocycles. The van der Waals surface area contributed by atoms with Gasteiger partial charge in [-0.25, -0.2) is 4.79 Å². The van der Waals surface area contributed by atoms with Crippen LogP contribution in [0.5, 0.6) is 0 Å². The Morgan fingerprint density at radius 2 is 1.69 bits per heavy atom. The Morgan fingerprint density at radius 3 is 2.23 bits per heavy atom. The number of rotatable bonds is 5. The third-order valence-corrected chi connectivity index (χ3v) is 6.71. The first-order chi connectivity index (χ1) is 12.4. The van der Waals surface area contributed by atoms with Crippen molar-refractivity contribution in [3.8, 4) is 0 Å². The Balaban J connectivity index is 1.47. The number of nitrogens with one attached hydrogen (secondary N) is 2. The van der Waals surface area contributed by atoms with Gasteiger partial charge in [-0.2, -0.15) is 0 Å². The number of carbonyl (C=O) groups excluding carboxylic acids is 2. The van der Waals surface area contributed by atoms with Crippen LogP contribution in [0, 0.1) is 24.7 Å². The summed E-state index contributed by atoms with van der Waals surface area (Å²) in [5.74, 6) is 2.39. The van der Waals surface area contributed by atoms with E-state index in [0.29, 0.717) is 0 Å². The Kier molecular flexibility index (Phi) is 4.41. The van der Waals surface area contributed by atoms with Crippen molar-refractivity contribution in [1.82, 2.24) is 10.6 Å². The normalized spacial score (nSPS) is 32.9. The van der Waals surface area contributed by atoms with Crippen LogP contribution in [0.2, 0.25) is 0 Å². The molecule has 4 N–H and O–H groups in total. The fraction of sp³-hybridized carbons (Fsp3) is 0.619. The van der Waals surface area contributed by atoms with Crippen molar-refractivity contribution in [2.45, 2.75) is 63.5 Å². The molecule has 4 fully saturated rings. The first-order valence-corrected chi connectivity index (χ1v) is 9.85. The summed E-state index contributed by atoms with van der Waals surface area (Å²) in [6.07, 6.45) is 7.67. The van der Waals surface area contributed by atoms with Gasteiger partial charge in [-0.1, -0.05) is 24.3 Å². The van der Waals surface area contributed by atoms with Crippen LogP contribution in [0.3, 0.4) is 0 Å². The van der Waals surface area contributed by atoms with Crippen LogP contribution >= 0.6 is 0 Å². The minimum atomic E-state index is -0.596. The predicted molar refractivity (Wildman–Crippen MR) is 100 cm³/mol. The highest BCUT2D eigenvalue weighted by atomic mass is 16.2. The summed E-state index contributed by atoms with van der Waals surface area (Å²) in [5, 5.41) is 6.14. The molecule has 4 aliphatic carbocycles. The van der Waals surface area contributed by atoms with Gasteiger partial charge in [0, 0.05) is 5.54 Å². The van der Waals surface area contributed by atoms with Crippen LogP contribution in [0.4, 0.5) is 4.79 Å². The van der Waals surface area contributed by atoms with Crippen molar-refractivity contribution < 1.29 is 9.59 Å². The summed E-state index contributed by atoms with van der Waals surface area (Å²) >= 11 is 0. The molecule has 0 unspecified atom stereocenters.